The van der Waals surface area contributed by atoms with Crippen LogP contribution in [-0.4, -0.2) is 14.3 Å². The molecule has 0 bridgehead atoms. The molecular formula is C16H14N4O2. The van der Waals surface area contributed by atoms with E-state index < -0.39 is 4.92 Å². The number of benzene rings is 1. The standard InChI is InChI=1S/C16H14N4O2/c21-20(22)16-15(18-14-6-1-2-9-19(14)16)17-13-8-7-11-4-3-5-12(11)10-13/h1-2,6-10,17H,3-5H2. The van der Waals surface area contributed by atoms with Crippen LogP contribution < -0.4 is 5.32 Å². The lowest BCUT2D eigenvalue weighted by Crippen LogP contribution is -1.99. The molecule has 1 aromatic carbocycles. The zero-order chi connectivity index (χ0) is 15.1. The van der Waals surface area contributed by atoms with Gasteiger partial charge in [0.15, 0.2) is 0 Å². The highest BCUT2D eigenvalue weighted by molar-refractivity contribution is 5.69. The zero-order valence-corrected chi connectivity index (χ0v) is 11.8. The minimum absolute atomic E-state index is 0.0453. The summed E-state index contributed by atoms with van der Waals surface area (Å²) in [6, 6.07) is 11.4. The van der Waals surface area contributed by atoms with Crippen LogP contribution in [0.2, 0.25) is 0 Å². The fraction of sp³-hybridized carbons (Fsp3) is 0.188. The monoisotopic (exact) mass is 294 g/mol. The molecule has 0 spiro atoms. The van der Waals surface area contributed by atoms with Crippen molar-refractivity contribution in [2.45, 2.75) is 19.3 Å². The fourth-order valence-corrected chi connectivity index (χ4v) is 3.03. The Hall–Kier alpha value is -2.89. The van der Waals surface area contributed by atoms with Crippen LogP contribution in [0.15, 0.2) is 42.6 Å². The molecule has 110 valence electrons. The molecule has 3 aromatic rings. The number of hydrogen-bond acceptors (Lipinski definition) is 4. The molecule has 1 aliphatic rings. The average Bonchev–Trinajstić information content (AvgIpc) is 3.09. The number of anilines is 2. The van der Waals surface area contributed by atoms with Gasteiger partial charge < -0.3 is 15.4 Å². The van der Waals surface area contributed by atoms with Crippen LogP contribution in [0.1, 0.15) is 17.5 Å². The maximum absolute atomic E-state index is 11.4. The molecule has 22 heavy (non-hydrogen) atoms. The first kappa shape index (κ1) is 12.8. The third-order valence-corrected chi connectivity index (χ3v) is 4.04. The summed E-state index contributed by atoms with van der Waals surface area (Å²) in [5.41, 5.74) is 4.08. The Morgan fingerprint density at radius 1 is 1.18 bits per heavy atom. The van der Waals surface area contributed by atoms with Crippen molar-refractivity contribution in [2.75, 3.05) is 5.32 Å². The highest BCUT2D eigenvalue weighted by Crippen LogP contribution is 2.30. The van der Waals surface area contributed by atoms with Gasteiger partial charge in [0.2, 0.25) is 11.5 Å². The first-order chi connectivity index (χ1) is 10.7. The summed E-state index contributed by atoms with van der Waals surface area (Å²) < 4.78 is 1.48. The molecule has 0 unspecified atom stereocenters. The molecule has 0 radical (unpaired) electrons. The van der Waals surface area contributed by atoms with E-state index in [-0.39, 0.29) is 11.6 Å². The minimum atomic E-state index is -0.407. The highest BCUT2D eigenvalue weighted by Gasteiger charge is 2.22. The van der Waals surface area contributed by atoms with Crippen molar-refractivity contribution in [3.63, 3.8) is 0 Å². The number of nitro groups is 1. The average molecular weight is 294 g/mol. The van der Waals surface area contributed by atoms with Gasteiger partial charge in [-0.3, -0.25) is 0 Å². The maximum Gasteiger partial charge on any atom is 0.372 e. The number of aryl methyl sites for hydroxylation is 2. The Morgan fingerprint density at radius 2 is 2.05 bits per heavy atom. The van der Waals surface area contributed by atoms with Gasteiger partial charge in [-0.15, -0.1) is 0 Å². The molecule has 0 saturated carbocycles. The van der Waals surface area contributed by atoms with Crippen LogP contribution in [0.25, 0.3) is 5.65 Å². The second-order valence-electron chi connectivity index (χ2n) is 5.43. The second-order valence-corrected chi connectivity index (χ2v) is 5.43. The molecular weight excluding hydrogens is 280 g/mol. The fourth-order valence-electron chi connectivity index (χ4n) is 3.03. The van der Waals surface area contributed by atoms with Crippen molar-refractivity contribution in [3.05, 3.63) is 63.8 Å². The zero-order valence-electron chi connectivity index (χ0n) is 11.8. The number of imidazole rings is 1. The van der Waals surface area contributed by atoms with E-state index in [0.29, 0.717) is 5.65 Å². The van der Waals surface area contributed by atoms with Crippen LogP contribution in [0.3, 0.4) is 0 Å². The van der Waals surface area contributed by atoms with E-state index in [2.05, 4.69) is 22.4 Å². The van der Waals surface area contributed by atoms with Crippen LogP contribution in [0, 0.1) is 10.1 Å². The number of rotatable bonds is 3. The summed E-state index contributed by atoms with van der Waals surface area (Å²) in [4.78, 5) is 15.3. The van der Waals surface area contributed by atoms with Crippen molar-refractivity contribution in [2.24, 2.45) is 0 Å². The summed E-state index contributed by atoms with van der Waals surface area (Å²) in [5.74, 6) is 0.227. The Labute approximate surface area is 126 Å². The molecule has 6 heteroatoms. The molecule has 2 aromatic heterocycles. The van der Waals surface area contributed by atoms with Gasteiger partial charge in [-0.2, -0.15) is 9.38 Å². The summed E-state index contributed by atoms with van der Waals surface area (Å²) in [5, 5.41) is 14.5. The van der Waals surface area contributed by atoms with Gasteiger partial charge in [0.25, 0.3) is 0 Å². The van der Waals surface area contributed by atoms with Gasteiger partial charge in [0, 0.05) is 11.8 Å². The third kappa shape index (κ3) is 2.00. The van der Waals surface area contributed by atoms with E-state index in [9.17, 15) is 10.1 Å². The van der Waals surface area contributed by atoms with E-state index in [1.807, 2.05) is 12.1 Å². The van der Waals surface area contributed by atoms with Crippen molar-refractivity contribution in [3.8, 4) is 0 Å². The molecule has 2 heterocycles. The molecule has 0 saturated heterocycles. The molecule has 0 atom stereocenters. The summed E-state index contributed by atoms with van der Waals surface area (Å²) in [6.45, 7) is 0. The van der Waals surface area contributed by atoms with Crippen molar-refractivity contribution in [1.82, 2.24) is 9.38 Å². The minimum Gasteiger partial charge on any atom is -0.358 e. The van der Waals surface area contributed by atoms with Crippen LogP contribution in [0.5, 0.6) is 0 Å². The molecule has 0 fully saturated rings. The number of fused-ring (bicyclic) bond motifs is 2. The predicted molar refractivity (Wildman–Crippen MR) is 83.6 cm³/mol. The molecule has 6 nitrogen and oxygen atoms in total. The van der Waals surface area contributed by atoms with Crippen molar-refractivity contribution in [1.29, 1.82) is 0 Å². The van der Waals surface area contributed by atoms with Crippen LogP contribution >= 0.6 is 0 Å². The number of nitrogens with one attached hydrogen (secondary N) is 1. The first-order valence-corrected chi connectivity index (χ1v) is 7.23. The highest BCUT2D eigenvalue weighted by atomic mass is 16.6. The molecule has 4 rings (SSSR count). The Morgan fingerprint density at radius 3 is 2.91 bits per heavy atom. The summed E-state index contributed by atoms with van der Waals surface area (Å²) in [6.07, 6.45) is 5.00. The second kappa shape index (κ2) is 4.84. The third-order valence-electron chi connectivity index (χ3n) is 4.04. The van der Waals surface area contributed by atoms with Crippen LogP contribution in [-0.2, 0) is 12.8 Å². The number of pyridine rings is 1. The maximum atomic E-state index is 11.4. The SMILES string of the molecule is O=[N+]([O-])c1c(Nc2ccc3c(c2)CCC3)nc2ccccn12. The van der Waals surface area contributed by atoms with Gasteiger partial charge in [-0.1, -0.05) is 12.1 Å². The Bertz CT molecular complexity index is 885. The lowest BCUT2D eigenvalue weighted by molar-refractivity contribution is -0.389. The van der Waals surface area contributed by atoms with Gasteiger partial charge >= 0.3 is 5.82 Å². The molecule has 0 amide bonds. The predicted octanol–water partition coefficient (Wildman–Crippen LogP) is 3.47. The van der Waals surface area contributed by atoms with E-state index in [1.165, 1.54) is 21.9 Å². The largest absolute Gasteiger partial charge is 0.372 e. The first-order valence-electron chi connectivity index (χ1n) is 7.23. The van der Waals surface area contributed by atoms with Gasteiger partial charge in [-0.05, 0) is 53.5 Å². The lowest BCUT2D eigenvalue weighted by atomic mass is 10.1. The van der Waals surface area contributed by atoms with E-state index in [4.69, 9.17) is 0 Å². The topological polar surface area (TPSA) is 72.5 Å². The smallest absolute Gasteiger partial charge is 0.358 e. The van der Waals surface area contributed by atoms with Gasteiger partial charge in [-0.25, -0.2) is 0 Å². The normalized spacial score (nSPS) is 13.3. The molecule has 1 N–H and O–H groups in total. The van der Waals surface area contributed by atoms with E-state index >= 15 is 0 Å². The lowest BCUT2D eigenvalue weighted by Gasteiger charge is -2.06. The van der Waals surface area contributed by atoms with Gasteiger partial charge in [0.05, 0.1) is 6.20 Å². The van der Waals surface area contributed by atoms with Crippen molar-refractivity contribution >= 4 is 23.0 Å². The molecule has 0 aliphatic heterocycles. The van der Waals surface area contributed by atoms with E-state index in [1.54, 1.807) is 18.3 Å². The Kier molecular flexibility index (Phi) is 2.82. The number of aromatic nitrogens is 2. The Balaban J connectivity index is 1.78. The summed E-state index contributed by atoms with van der Waals surface area (Å²) in [7, 11) is 0. The number of hydrogen-bond donors (Lipinski definition) is 1. The molecule has 1 aliphatic carbocycles. The summed E-state index contributed by atoms with van der Waals surface area (Å²) >= 11 is 0. The van der Waals surface area contributed by atoms with E-state index in [0.717, 1.165) is 18.5 Å². The van der Waals surface area contributed by atoms with Crippen LogP contribution in [0.4, 0.5) is 17.3 Å². The number of nitrogens with zero attached hydrogens (tertiary/aromatic N) is 3. The van der Waals surface area contributed by atoms with Crippen molar-refractivity contribution < 1.29 is 4.92 Å². The van der Waals surface area contributed by atoms with Gasteiger partial charge in [0.1, 0.15) is 0 Å². The quantitative estimate of drug-likeness (QED) is 0.593.